The number of rotatable bonds is 4. The summed E-state index contributed by atoms with van der Waals surface area (Å²) in [5, 5.41) is 9.03. The van der Waals surface area contributed by atoms with Crippen molar-refractivity contribution in [3.8, 4) is 0 Å². The first-order chi connectivity index (χ1) is 7.99. The number of carboxylic acids is 1. The van der Waals surface area contributed by atoms with Gasteiger partial charge in [-0.25, -0.2) is 8.78 Å². The first-order valence-electron chi connectivity index (χ1n) is 5.37. The van der Waals surface area contributed by atoms with E-state index >= 15 is 0 Å². The Morgan fingerprint density at radius 1 is 1.53 bits per heavy atom. The first-order valence-corrected chi connectivity index (χ1v) is 5.37. The van der Waals surface area contributed by atoms with E-state index in [0.717, 1.165) is 6.07 Å². The van der Waals surface area contributed by atoms with Crippen LogP contribution < -0.4 is 5.73 Å². The largest absolute Gasteiger partial charge is 0.481 e. The van der Waals surface area contributed by atoms with Crippen LogP contribution in [0.2, 0.25) is 0 Å². The third-order valence-corrected chi connectivity index (χ3v) is 3.50. The van der Waals surface area contributed by atoms with Gasteiger partial charge in [0, 0.05) is 12.6 Å². The molecule has 2 rings (SSSR count). The van der Waals surface area contributed by atoms with E-state index in [1.807, 2.05) is 0 Å². The number of benzene rings is 1. The first kappa shape index (κ1) is 12.0. The van der Waals surface area contributed by atoms with Crippen LogP contribution in [0.15, 0.2) is 18.2 Å². The van der Waals surface area contributed by atoms with Gasteiger partial charge in [-0.05, 0) is 30.4 Å². The van der Waals surface area contributed by atoms with E-state index < -0.39 is 23.0 Å². The van der Waals surface area contributed by atoms with Crippen molar-refractivity contribution in [2.45, 2.75) is 12.8 Å². The molecule has 0 aromatic heterocycles. The van der Waals surface area contributed by atoms with Crippen LogP contribution in [0.1, 0.15) is 12.0 Å². The lowest BCUT2D eigenvalue weighted by atomic mass is 9.99. The summed E-state index contributed by atoms with van der Waals surface area (Å²) in [4.78, 5) is 11.0. The van der Waals surface area contributed by atoms with Gasteiger partial charge in [0.15, 0.2) is 0 Å². The predicted molar refractivity (Wildman–Crippen MR) is 57.3 cm³/mol. The number of nitrogens with two attached hydrogens (primary N) is 1. The molecule has 0 aliphatic heterocycles. The third-order valence-electron chi connectivity index (χ3n) is 3.50. The van der Waals surface area contributed by atoms with Crippen LogP contribution in [-0.4, -0.2) is 17.6 Å². The SMILES string of the molecule is NCC1(C(=O)O)CC1Cc1ccc(F)cc1F. The molecule has 0 radical (unpaired) electrons. The van der Waals surface area contributed by atoms with Crippen LogP contribution in [0.5, 0.6) is 0 Å². The van der Waals surface area contributed by atoms with E-state index in [4.69, 9.17) is 10.8 Å². The van der Waals surface area contributed by atoms with Gasteiger partial charge in [-0.15, -0.1) is 0 Å². The van der Waals surface area contributed by atoms with Crippen LogP contribution in [0.25, 0.3) is 0 Å². The normalized spacial score (nSPS) is 26.9. The van der Waals surface area contributed by atoms with Gasteiger partial charge in [-0.3, -0.25) is 4.79 Å². The molecule has 2 atom stereocenters. The molecule has 1 aliphatic rings. The van der Waals surface area contributed by atoms with E-state index in [1.54, 1.807) is 0 Å². The minimum atomic E-state index is -0.937. The monoisotopic (exact) mass is 241 g/mol. The maximum Gasteiger partial charge on any atom is 0.311 e. The van der Waals surface area contributed by atoms with Gasteiger partial charge in [0.2, 0.25) is 0 Å². The minimum Gasteiger partial charge on any atom is -0.481 e. The molecule has 1 aliphatic carbocycles. The summed E-state index contributed by atoms with van der Waals surface area (Å²) < 4.78 is 26.1. The Kier molecular flexibility index (Phi) is 2.87. The molecule has 0 amide bonds. The maximum atomic E-state index is 13.4. The zero-order chi connectivity index (χ0) is 12.6. The Balaban J connectivity index is 2.11. The Hall–Kier alpha value is -1.49. The van der Waals surface area contributed by atoms with Crippen LogP contribution >= 0.6 is 0 Å². The van der Waals surface area contributed by atoms with Gasteiger partial charge in [0.1, 0.15) is 11.6 Å². The molecule has 1 aromatic rings. The molecule has 3 nitrogen and oxygen atoms in total. The second kappa shape index (κ2) is 4.07. The Morgan fingerprint density at radius 2 is 2.24 bits per heavy atom. The number of carbonyl (C=O) groups is 1. The van der Waals surface area contributed by atoms with Gasteiger partial charge in [-0.2, -0.15) is 0 Å². The predicted octanol–water partition coefficient (Wildman–Crippen LogP) is 1.56. The topological polar surface area (TPSA) is 63.3 Å². The summed E-state index contributed by atoms with van der Waals surface area (Å²) in [5.41, 5.74) is 4.87. The number of hydrogen-bond acceptors (Lipinski definition) is 2. The number of hydrogen-bond donors (Lipinski definition) is 2. The Labute approximate surface area is 97.2 Å². The number of aliphatic carboxylic acids is 1. The van der Waals surface area contributed by atoms with Crippen LogP contribution in [0.3, 0.4) is 0 Å². The highest BCUT2D eigenvalue weighted by atomic mass is 19.1. The van der Waals surface area contributed by atoms with Crippen molar-refractivity contribution < 1.29 is 18.7 Å². The van der Waals surface area contributed by atoms with E-state index in [-0.39, 0.29) is 18.9 Å². The van der Waals surface area contributed by atoms with Gasteiger partial charge < -0.3 is 10.8 Å². The second-order valence-corrected chi connectivity index (χ2v) is 4.51. The quantitative estimate of drug-likeness (QED) is 0.840. The number of halogens is 2. The highest BCUT2D eigenvalue weighted by Gasteiger charge is 2.59. The molecule has 17 heavy (non-hydrogen) atoms. The molecule has 1 fully saturated rings. The molecule has 1 saturated carbocycles. The molecule has 0 heterocycles. The molecule has 1 aromatic carbocycles. The fourth-order valence-electron chi connectivity index (χ4n) is 2.20. The fraction of sp³-hybridized carbons (Fsp3) is 0.417. The van der Waals surface area contributed by atoms with Gasteiger partial charge >= 0.3 is 5.97 Å². The molecule has 0 bridgehead atoms. The van der Waals surface area contributed by atoms with Crippen molar-refractivity contribution in [3.05, 3.63) is 35.4 Å². The standard InChI is InChI=1S/C12H13F2NO2/c13-9-2-1-7(10(14)4-9)3-8-5-12(8,6-15)11(16)17/h1-2,4,8H,3,5-6,15H2,(H,16,17). The lowest BCUT2D eigenvalue weighted by Gasteiger charge is -2.09. The molecular weight excluding hydrogens is 228 g/mol. The summed E-state index contributed by atoms with van der Waals surface area (Å²) in [6.45, 7) is 0.0514. The number of carboxylic acid groups (broad SMARTS) is 1. The zero-order valence-corrected chi connectivity index (χ0v) is 9.12. The lowest BCUT2D eigenvalue weighted by Crippen LogP contribution is -2.27. The van der Waals surface area contributed by atoms with E-state index in [1.165, 1.54) is 12.1 Å². The van der Waals surface area contributed by atoms with Crippen molar-refractivity contribution in [2.24, 2.45) is 17.1 Å². The Morgan fingerprint density at radius 3 is 2.71 bits per heavy atom. The minimum absolute atomic E-state index is 0.0514. The third kappa shape index (κ3) is 2.02. The average molecular weight is 241 g/mol. The summed E-state index contributed by atoms with van der Waals surface area (Å²) >= 11 is 0. The summed E-state index contributed by atoms with van der Waals surface area (Å²) in [6, 6.07) is 3.33. The lowest BCUT2D eigenvalue weighted by molar-refractivity contribution is -0.143. The van der Waals surface area contributed by atoms with Crippen molar-refractivity contribution in [3.63, 3.8) is 0 Å². The summed E-state index contributed by atoms with van der Waals surface area (Å²) in [5.74, 6) is -2.36. The molecular formula is C12H13F2NO2. The summed E-state index contributed by atoms with van der Waals surface area (Å²) in [6.07, 6.45) is 0.741. The van der Waals surface area contributed by atoms with Gasteiger partial charge in [0.25, 0.3) is 0 Å². The molecule has 2 unspecified atom stereocenters. The van der Waals surface area contributed by atoms with Crippen molar-refractivity contribution in [1.82, 2.24) is 0 Å². The van der Waals surface area contributed by atoms with Crippen molar-refractivity contribution in [2.75, 3.05) is 6.54 Å². The highest BCUT2D eigenvalue weighted by Crippen LogP contribution is 2.53. The molecule has 5 heteroatoms. The van der Waals surface area contributed by atoms with Crippen LogP contribution in [0, 0.1) is 23.0 Å². The van der Waals surface area contributed by atoms with Crippen molar-refractivity contribution in [1.29, 1.82) is 0 Å². The second-order valence-electron chi connectivity index (χ2n) is 4.51. The average Bonchev–Trinajstić information content (AvgIpc) is 2.97. The molecule has 92 valence electrons. The highest BCUT2D eigenvalue weighted by molar-refractivity contribution is 5.79. The van der Waals surface area contributed by atoms with Gasteiger partial charge in [0.05, 0.1) is 5.41 Å². The van der Waals surface area contributed by atoms with Crippen LogP contribution in [-0.2, 0) is 11.2 Å². The smallest absolute Gasteiger partial charge is 0.311 e. The molecule has 0 saturated heterocycles. The molecule has 3 N–H and O–H groups in total. The molecule has 0 spiro atoms. The van der Waals surface area contributed by atoms with E-state index in [0.29, 0.717) is 12.0 Å². The van der Waals surface area contributed by atoms with Crippen molar-refractivity contribution >= 4 is 5.97 Å². The van der Waals surface area contributed by atoms with Crippen LogP contribution in [0.4, 0.5) is 8.78 Å². The maximum absolute atomic E-state index is 13.4. The fourth-order valence-corrected chi connectivity index (χ4v) is 2.20. The van der Waals surface area contributed by atoms with E-state index in [2.05, 4.69) is 0 Å². The Bertz CT molecular complexity index is 464. The zero-order valence-electron chi connectivity index (χ0n) is 9.12. The van der Waals surface area contributed by atoms with E-state index in [9.17, 15) is 13.6 Å². The summed E-state index contributed by atoms with van der Waals surface area (Å²) in [7, 11) is 0. The van der Waals surface area contributed by atoms with Gasteiger partial charge in [-0.1, -0.05) is 6.07 Å².